The Kier molecular flexibility index (Phi) is 2.66. The second-order valence-corrected chi connectivity index (χ2v) is 3.49. The zero-order valence-corrected chi connectivity index (χ0v) is 8.13. The highest BCUT2D eigenvalue weighted by Crippen LogP contribution is 2.20. The van der Waals surface area contributed by atoms with Crippen molar-refractivity contribution in [1.29, 1.82) is 0 Å². The molecule has 1 aliphatic rings. The van der Waals surface area contributed by atoms with Gasteiger partial charge in [0.1, 0.15) is 12.1 Å². The van der Waals surface area contributed by atoms with Crippen LogP contribution < -0.4 is 0 Å². The molecule has 1 aromatic rings. The number of aliphatic imine (C=N–C) groups is 1. The summed E-state index contributed by atoms with van der Waals surface area (Å²) in [5, 5.41) is 18.2. The topological polar surface area (TPSA) is 74.9 Å². The largest absolute Gasteiger partial charge is 0.475 e. The number of aromatic nitrogens is 1. The van der Waals surface area contributed by atoms with Crippen LogP contribution in [0.5, 0.6) is 0 Å². The molecule has 0 atom stereocenters. The van der Waals surface area contributed by atoms with Crippen LogP contribution in [0.25, 0.3) is 0 Å². The van der Waals surface area contributed by atoms with Gasteiger partial charge in [-0.25, -0.2) is 4.99 Å². The number of nitrogens with zero attached hydrogens (tertiary/aromatic N) is 2. The van der Waals surface area contributed by atoms with Gasteiger partial charge in [0.25, 0.3) is 0 Å². The highest BCUT2D eigenvalue weighted by molar-refractivity contribution is 5.95. The molecule has 0 saturated heterocycles. The van der Waals surface area contributed by atoms with Gasteiger partial charge in [-0.3, -0.25) is 4.98 Å². The Hall–Kier alpha value is -1.46. The average molecular weight is 208 g/mol. The lowest BCUT2D eigenvalue weighted by Gasteiger charge is -2.16. The minimum atomic E-state index is -0.898. The Bertz CT molecular complexity index is 360. The molecule has 0 aromatic carbocycles. The Labute approximate surface area is 87.1 Å². The normalized spacial score (nSPS) is 18.4. The zero-order chi connectivity index (χ0) is 10.7. The molecule has 0 fully saturated rings. The first kappa shape index (κ1) is 10.1. The Morgan fingerprint density at radius 1 is 1.40 bits per heavy atom. The Balaban J connectivity index is 2.27. The van der Waals surface area contributed by atoms with Crippen molar-refractivity contribution in [2.24, 2.45) is 4.99 Å². The van der Waals surface area contributed by atoms with Crippen LogP contribution in [0, 0.1) is 0 Å². The summed E-state index contributed by atoms with van der Waals surface area (Å²) in [6, 6.07) is 3.59. The molecule has 5 heteroatoms. The molecule has 0 bridgehead atoms. The lowest BCUT2D eigenvalue weighted by Crippen LogP contribution is -2.37. The van der Waals surface area contributed by atoms with Gasteiger partial charge in [-0.05, 0) is 12.1 Å². The number of ether oxygens (including phenoxy) is 1. The van der Waals surface area contributed by atoms with E-state index in [0.29, 0.717) is 5.90 Å². The van der Waals surface area contributed by atoms with E-state index < -0.39 is 5.54 Å². The molecule has 2 heterocycles. The second kappa shape index (κ2) is 3.96. The first-order valence-electron chi connectivity index (χ1n) is 4.64. The van der Waals surface area contributed by atoms with Crippen molar-refractivity contribution >= 4 is 5.90 Å². The van der Waals surface area contributed by atoms with Crippen LogP contribution in [-0.2, 0) is 4.74 Å². The summed E-state index contributed by atoms with van der Waals surface area (Å²) in [7, 11) is 0. The van der Waals surface area contributed by atoms with Crippen LogP contribution in [-0.4, -0.2) is 46.5 Å². The van der Waals surface area contributed by atoms with E-state index >= 15 is 0 Å². The highest BCUT2D eigenvalue weighted by Gasteiger charge is 2.35. The van der Waals surface area contributed by atoms with Crippen molar-refractivity contribution in [3.05, 3.63) is 30.1 Å². The monoisotopic (exact) mass is 208 g/mol. The highest BCUT2D eigenvalue weighted by atomic mass is 16.5. The third kappa shape index (κ3) is 1.84. The molecule has 15 heavy (non-hydrogen) atoms. The van der Waals surface area contributed by atoms with Crippen LogP contribution in [0.1, 0.15) is 5.56 Å². The molecule has 1 aliphatic heterocycles. The molecule has 2 rings (SSSR count). The number of hydrogen-bond acceptors (Lipinski definition) is 5. The van der Waals surface area contributed by atoms with Gasteiger partial charge in [0.05, 0.1) is 18.8 Å². The van der Waals surface area contributed by atoms with Gasteiger partial charge in [-0.2, -0.15) is 0 Å². The van der Waals surface area contributed by atoms with E-state index in [-0.39, 0.29) is 19.8 Å². The van der Waals surface area contributed by atoms with Gasteiger partial charge in [-0.15, -0.1) is 0 Å². The number of rotatable bonds is 3. The molecular formula is C10H12N2O3. The van der Waals surface area contributed by atoms with Crippen LogP contribution in [0.15, 0.2) is 29.5 Å². The maximum absolute atomic E-state index is 9.12. The number of aliphatic hydroxyl groups is 2. The SMILES string of the molecule is OCC1(CO)COC(c2cccnc2)=N1. The van der Waals surface area contributed by atoms with Gasteiger partial charge in [-0.1, -0.05) is 0 Å². The maximum Gasteiger partial charge on any atom is 0.218 e. The molecule has 0 spiro atoms. The van der Waals surface area contributed by atoms with Crippen molar-refractivity contribution in [2.45, 2.75) is 5.54 Å². The van der Waals surface area contributed by atoms with Gasteiger partial charge < -0.3 is 14.9 Å². The standard InChI is InChI=1S/C10H12N2O3/c13-5-10(6-14)7-15-9(12-10)8-2-1-3-11-4-8/h1-4,13-14H,5-7H2. The number of pyridine rings is 1. The summed E-state index contributed by atoms with van der Waals surface area (Å²) in [4.78, 5) is 8.12. The molecule has 1 aromatic heterocycles. The van der Waals surface area contributed by atoms with Crippen molar-refractivity contribution in [3.63, 3.8) is 0 Å². The molecule has 0 unspecified atom stereocenters. The summed E-state index contributed by atoms with van der Waals surface area (Å²) < 4.78 is 5.33. The predicted octanol–water partition coefficient (Wildman–Crippen LogP) is -0.418. The van der Waals surface area contributed by atoms with E-state index in [0.717, 1.165) is 5.56 Å². The molecule has 0 radical (unpaired) electrons. The lowest BCUT2D eigenvalue weighted by atomic mass is 10.1. The van der Waals surface area contributed by atoms with Gasteiger partial charge in [0.2, 0.25) is 5.90 Å². The molecule has 2 N–H and O–H groups in total. The van der Waals surface area contributed by atoms with E-state index in [4.69, 9.17) is 14.9 Å². The van der Waals surface area contributed by atoms with Crippen LogP contribution >= 0.6 is 0 Å². The summed E-state index contributed by atoms with van der Waals surface area (Å²) in [5.41, 5.74) is -0.146. The average Bonchev–Trinajstić information content (AvgIpc) is 2.75. The number of aliphatic hydroxyl groups excluding tert-OH is 2. The van der Waals surface area contributed by atoms with E-state index in [1.807, 2.05) is 6.07 Å². The zero-order valence-electron chi connectivity index (χ0n) is 8.13. The summed E-state index contributed by atoms with van der Waals surface area (Å²) in [6.45, 7) is -0.259. The first-order valence-corrected chi connectivity index (χ1v) is 4.64. The minimum Gasteiger partial charge on any atom is -0.475 e. The van der Waals surface area contributed by atoms with E-state index in [1.165, 1.54) is 0 Å². The number of hydrogen-bond donors (Lipinski definition) is 2. The second-order valence-electron chi connectivity index (χ2n) is 3.49. The maximum atomic E-state index is 9.12. The predicted molar refractivity (Wildman–Crippen MR) is 53.6 cm³/mol. The molecule has 0 amide bonds. The van der Waals surface area contributed by atoms with E-state index in [9.17, 15) is 0 Å². The summed E-state index contributed by atoms with van der Waals surface area (Å²) >= 11 is 0. The smallest absolute Gasteiger partial charge is 0.218 e. The molecule has 0 aliphatic carbocycles. The van der Waals surface area contributed by atoms with Crippen molar-refractivity contribution in [1.82, 2.24) is 4.98 Å². The van der Waals surface area contributed by atoms with E-state index in [2.05, 4.69) is 9.98 Å². The third-order valence-corrected chi connectivity index (χ3v) is 2.31. The van der Waals surface area contributed by atoms with Crippen molar-refractivity contribution in [2.75, 3.05) is 19.8 Å². The molecular weight excluding hydrogens is 196 g/mol. The fourth-order valence-electron chi connectivity index (χ4n) is 1.33. The van der Waals surface area contributed by atoms with Crippen LogP contribution in [0.2, 0.25) is 0 Å². The lowest BCUT2D eigenvalue weighted by molar-refractivity contribution is 0.0977. The van der Waals surface area contributed by atoms with Crippen molar-refractivity contribution in [3.8, 4) is 0 Å². The minimum absolute atomic E-state index is 0.199. The first-order chi connectivity index (χ1) is 7.29. The quantitative estimate of drug-likeness (QED) is 0.707. The molecule has 5 nitrogen and oxygen atoms in total. The van der Waals surface area contributed by atoms with Gasteiger partial charge in [0.15, 0.2) is 0 Å². The molecule has 0 saturated carbocycles. The molecule has 80 valence electrons. The Morgan fingerprint density at radius 2 is 2.20 bits per heavy atom. The summed E-state index contributed by atoms with van der Waals surface area (Å²) in [5.74, 6) is 0.422. The van der Waals surface area contributed by atoms with Gasteiger partial charge in [0, 0.05) is 12.4 Å². The van der Waals surface area contributed by atoms with Crippen molar-refractivity contribution < 1.29 is 14.9 Å². The van der Waals surface area contributed by atoms with Crippen LogP contribution in [0.3, 0.4) is 0 Å². The Morgan fingerprint density at radius 3 is 2.73 bits per heavy atom. The van der Waals surface area contributed by atoms with Crippen LogP contribution in [0.4, 0.5) is 0 Å². The van der Waals surface area contributed by atoms with E-state index in [1.54, 1.807) is 18.5 Å². The summed E-state index contributed by atoms with van der Waals surface area (Å²) in [6.07, 6.45) is 3.29. The third-order valence-electron chi connectivity index (χ3n) is 2.31. The fraction of sp³-hybridized carbons (Fsp3) is 0.400. The fourth-order valence-corrected chi connectivity index (χ4v) is 1.33. The van der Waals surface area contributed by atoms with Gasteiger partial charge >= 0.3 is 0 Å².